The van der Waals surface area contributed by atoms with Crippen LogP contribution in [0, 0.1) is 0 Å². The average molecular weight is 304 g/mol. The first kappa shape index (κ1) is 18.1. The maximum atomic E-state index is 11.0. The second-order valence-corrected chi connectivity index (χ2v) is 5.59. The van der Waals surface area contributed by atoms with E-state index < -0.39 is 44.9 Å². The summed E-state index contributed by atoms with van der Waals surface area (Å²) >= 11 is -4.91. The standard InChI is InChI=1S/C12H18O5S2/c1-5-9(11(7-3)18(13)14)17-10(6-2)12(8-4)19(15)16/h5-12H,1-4H2,(H,13,14)(H,15,16)/p-2. The van der Waals surface area contributed by atoms with E-state index in [0.717, 1.165) is 0 Å². The van der Waals surface area contributed by atoms with Crippen molar-refractivity contribution in [3.63, 3.8) is 0 Å². The molecule has 19 heavy (non-hydrogen) atoms. The van der Waals surface area contributed by atoms with Gasteiger partial charge in [-0.25, -0.2) is 0 Å². The van der Waals surface area contributed by atoms with Gasteiger partial charge in [0.05, 0.1) is 22.7 Å². The number of ether oxygens (including phenoxy) is 1. The van der Waals surface area contributed by atoms with Gasteiger partial charge in [-0.15, -0.1) is 26.3 Å². The van der Waals surface area contributed by atoms with Gasteiger partial charge in [0, 0.05) is 0 Å². The molecule has 5 nitrogen and oxygen atoms in total. The lowest BCUT2D eigenvalue weighted by molar-refractivity contribution is 0.0481. The molecular weight excluding hydrogens is 288 g/mol. The van der Waals surface area contributed by atoms with Crippen LogP contribution in [0.2, 0.25) is 0 Å². The van der Waals surface area contributed by atoms with E-state index in [2.05, 4.69) is 26.3 Å². The summed E-state index contributed by atoms with van der Waals surface area (Å²) in [5.41, 5.74) is 0. The molecule has 0 spiro atoms. The fraction of sp³-hybridized carbons (Fsp3) is 0.333. The summed E-state index contributed by atoms with van der Waals surface area (Å²) in [4.78, 5) is 0. The molecule has 0 aliphatic rings. The van der Waals surface area contributed by atoms with Crippen molar-refractivity contribution < 1.29 is 22.3 Å². The molecule has 7 heteroatoms. The average Bonchev–Trinajstić information content (AvgIpc) is 2.36. The highest BCUT2D eigenvalue weighted by Gasteiger charge is 2.25. The monoisotopic (exact) mass is 304 g/mol. The second-order valence-electron chi connectivity index (χ2n) is 3.46. The van der Waals surface area contributed by atoms with E-state index in [0.29, 0.717) is 0 Å². The Labute approximate surface area is 118 Å². The summed E-state index contributed by atoms with van der Waals surface area (Å²) in [6, 6.07) is 0. The first-order chi connectivity index (χ1) is 8.92. The molecular formula is C12H16O5S2-2. The number of rotatable bonds is 10. The van der Waals surface area contributed by atoms with E-state index in [1.165, 1.54) is 24.3 Å². The Hall–Kier alpha value is -0.860. The van der Waals surface area contributed by atoms with Gasteiger partial charge in [-0.1, -0.05) is 24.3 Å². The number of hydrogen-bond acceptors (Lipinski definition) is 5. The zero-order valence-electron chi connectivity index (χ0n) is 10.3. The Balaban J connectivity index is 5.11. The summed E-state index contributed by atoms with van der Waals surface area (Å²) in [7, 11) is 0. The SMILES string of the molecule is C=CC(OC(C=C)C(C=C)S(=O)[O-])C(C=C)S(=O)[O-]. The molecule has 6 unspecified atom stereocenters. The fourth-order valence-corrected chi connectivity index (χ4v) is 2.46. The minimum atomic E-state index is -2.46. The largest absolute Gasteiger partial charge is 0.772 e. The minimum absolute atomic E-state index is 0.926. The van der Waals surface area contributed by atoms with Gasteiger partial charge in [-0.05, 0) is 22.2 Å². The van der Waals surface area contributed by atoms with Crippen LogP contribution in [0.3, 0.4) is 0 Å². The lowest BCUT2D eigenvalue weighted by atomic mass is 10.2. The summed E-state index contributed by atoms with van der Waals surface area (Å²) < 4.78 is 49.4. The molecule has 0 amide bonds. The van der Waals surface area contributed by atoms with Gasteiger partial charge >= 0.3 is 0 Å². The predicted molar refractivity (Wildman–Crippen MR) is 74.9 cm³/mol. The Morgan fingerprint density at radius 1 is 0.789 bits per heavy atom. The molecule has 0 fully saturated rings. The van der Waals surface area contributed by atoms with Gasteiger partial charge in [0.1, 0.15) is 0 Å². The first-order valence-electron chi connectivity index (χ1n) is 5.24. The molecule has 0 saturated carbocycles. The van der Waals surface area contributed by atoms with Gasteiger partial charge in [-0.3, -0.25) is 8.42 Å². The van der Waals surface area contributed by atoms with E-state index >= 15 is 0 Å². The highest BCUT2D eigenvalue weighted by atomic mass is 32.2. The quantitative estimate of drug-likeness (QED) is 0.443. The Bertz CT molecular complexity index is 358. The van der Waals surface area contributed by atoms with Crippen LogP contribution in [-0.2, 0) is 26.9 Å². The molecule has 0 heterocycles. The molecule has 0 rings (SSSR count). The highest BCUT2D eigenvalue weighted by molar-refractivity contribution is 7.80. The van der Waals surface area contributed by atoms with Crippen molar-refractivity contribution in [2.45, 2.75) is 22.7 Å². The summed E-state index contributed by atoms with van der Waals surface area (Å²) in [6.45, 7) is 13.7. The summed E-state index contributed by atoms with van der Waals surface area (Å²) in [5.74, 6) is 0. The van der Waals surface area contributed by atoms with Crippen molar-refractivity contribution in [3.8, 4) is 0 Å². The van der Waals surface area contributed by atoms with Crippen LogP contribution in [0.5, 0.6) is 0 Å². The molecule has 0 bridgehead atoms. The van der Waals surface area contributed by atoms with E-state index in [-0.39, 0.29) is 0 Å². The van der Waals surface area contributed by atoms with Crippen molar-refractivity contribution in [1.29, 1.82) is 0 Å². The highest BCUT2D eigenvalue weighted by Crippen LogP contribution is 2.16. The van der Waals surface area contributed by atoms with Crippen molar-refractivity contribution in [2.75, 3.05) is 0 Å². The Morgan fingerprint density at radius 2 is 1.11 bits per heavy atom. The summed E-state index contributed by atoms with van der Waals surface area (Å²) in [5, 5.41) is -2.05. The third-order valence-electron chi connectivity index (χ3n) is 2.34. The third kappa shape index (κ3) is 5.33. The van der Waals surface area contributed by atoms with Gasteiger partial charge in [0.15, 0.2) is 0 Å². The fourth-order valence-electron chi connectivity index (χ4n) is 1.36. The van der Waals surface area contributed by atoms with Crippen molar-refractivity contribution in [3.05, 3.63) is 50.6 Å². The number of hydrogen-bond donors (Lipinski definition) is 0. The second kappa shape index (κ2) is 9.11. The zero-order chi connectivity index (χ0) is 15.0. The van der Waals surface area contributed by atoms with E-state index in [4.69, 9.17) is 4.74 Å². The van der Waals surface area contributed by atoms with Gasteiger partial charge < -0.3 is 13.8 Å². The van der Waals surface area contributed by atoms with Crippen LogP contribution >= 0.6 is 0 Å². The molecule has 6 atom stereocenters. The van der Waals surface area contributed by atoms with E-state index in [1.807, 2.05) is 0 Å². The van der Waals surface area contributed by atoms with Crippen LogP contribution in [0.1, 0.15) is 0 Å². The van der Waals surface area contributed by atoms with Crippen LogP contribution in [0.25, 0.3) is 0 Å². The molecule has 0 radical (unpaired) electrons. The smallest absolute Gasteiger partial charge is 0.0929 e. The van der Waals surface area contributed by atoms with Crippen molar-refractivity contribution in [2.24, 2.45) is 0 Å². The maximum Gasteiger partial charge on any atom is 0.0929 e. The maximum absolute atomic E-state index is 11.0. The third-order valence-corrected chi connectivity index (χ3v) is 4.15. The Morgan fingerprint density at radius 3 is 1.26 bits per heavy atom. The molecule has 0 aromatic rings. The normalized spacial score (nSPS) is 20.3. The van der Waals surface area contributed by atoms with Gasteiger partial charge in [-0.2, -0.15) is 0 Å². The molecule has 0 aliphatic carbocycles. The molecule has 0 N–H and O–H groups in total. The molecule has 0 saturated heterocycles. The Kier molecular flexibility index (Phi) is 8.70. The van der Waals surface area contributed by atoms with E-state index in [9.17, 15) is 17.5 Å². The minimum Gasteiger partial charge on any atom is -0.772 e. The van der Waals surface area contributed by atoms with Gasteiger partial charge in [0.2, 0.25) is 0 Å². The van der Waals surface area contributed by atoms with Crippen LogP contribution in [0.15, 0.2) is 50.6 Å². The molecule has 108 valence electrons. The van der Waals surface area contributed by atoms with Crippen molar-refractivity contribution in [1.82, 2.24) is 0 Å². The predicted octanol–water partition coefficient (Wildman–Crippen LogP) is 0.980. The van der Waals surface area contributed by atoms with Crippen LogP contribution in [-0.4, -0.2) is 40.2 Å². The zero-order valence-corrected chi connectivity index (χ0v) is 11.9. The topological polar surface area (TPSA) is 89.5 Å². The van der Waals surface area contributed by atoms with Gasteiger partial charge in [0.25, 0.3) is 0 Å². The molecule has 0 aromatic heterocycles. The van der Waals surface area contributed by atoms with Crippen LogP contribution in [0.4, 0.5) is 0 Å². The lowest BCUT2D eigenvalue weighted by Gasteiger charge is -2.31. The molecule has 0 aromatic carbocycles. The lowest BCUT2D eigenvalue weighted by Crippen LogP contribution is -2.38. The summed E-state index contributed by atoms with van der Waals surface area (Å²) in [6.07, 6.45) is 3.06. The first-order valence-corrected chi connectivity index (χ1v) is 7.52. The van der Waals surface area contributed by atoms with Crippen molar-refractivity contribution >= 4 is 22.2 Å². The van der Waals surface area contributed by atoms with Crippen LogP contribution < -0.4 is 0 Å². The molecule has 0 aliphatic heterocycles. The van der Waals surface area contributed by atoms with E-state index in [1.54, 1.807) is 0 Å².